The van der Waals surface area contributed by atoms with Gasteiger partial charge in [0.1, 0.15) is 0 Å². The van der Waals surface area contributed by atoms with E-state index in [2.05, 4.69) is 46.8 Å². The Morgan fingerprint density at radius 1 is 1.21 bits per heavy atom. The van der Waals surface area contributed by atoms with Crippen LogP contribution >= 0.6 is 12.4 Å². The van der Waals surface area contributed by atoms with Crippen LogP contribution in [0.1, 0.15) is 68.2 Å². The standard InChI is InChI=1S/C22H32N4O.ClH/c1-15(2)20-11-19(24-26(20)22(3,4)5)21(27)25-13-17(12-23)18(14-25)16-9-7-6-8-10-16;/h6-11,15,17-18H,12-14,23H2,1-5H3;1H/t17-,18+;/m1./s1. The van der Waals surface area contributed by atoms with Gasteiger partial charge in [-0.2, -0.15) is 5.10 Å². The van der Waals surface area contributed by atoms with E-state index in [-0.39, 0.29) is 35.7 Å². The number of rotatable bonds is 4. The average molecular weight is 405 g/mol. The Bertz CT molecular complexity index is 795. The van der Waals surface area contributed by atoms with E-state index in [0.717, 1.165) is 5.69 Å². The maximum Gasteiger partial charge on any atom is 0.274 e. The molecule has 0 aliphatic carbocycles. The third-order valence-electron chi connectivity index (χ3n) is 5.44. The van der Waals surface area contributed by atoms with Crippen molar-refractivity contribution in [2.75, 3.05) is 19.6 Å². The van der Waals surface area contributed by atoms with Gasteiger partial charge in [0.25, 0.3) is 5.91 Å². The van der Waals surface area contributed by atoms with Crippen molar-refractivity contribution in [3.8, 4) is 0 Å². The molecule has 2 N–H and O–H groups in total. The highest BCUT2D eigenvalue weighted by atomic mass is 35.5. The SMILES string of the molecule is CC(C)c1cc(C(=O)N2C[C@@H](CN)[C@H](c3ccccc3)C2)nn1C(C)(C)C.Cl. The van der Waals surface area contributed by atoms with Gasteiger partial charge in [0, 0.05) is 24.7 Å². The molecule has 1 aliphatic rings. The number of hydrogen-bond donors (Lipinski definition) is 1. The maximum absolute atomic E-state index is 13.2. The molecule has 0 saturated carbocycles. The number of carbonyl (C=O) groups excluding carboxylic acids is 1. The monoisotopic (exact) mass is 404 g/mol. The van der Waals surface area contributed by atoms with Crippen molar-refractivity contribution in [1.82, 2.24) is 14.7 Å². The second-order valence-corrected chi connectivity index (χ2v) is 8.91. The van der Waals surface area contributed by atoms with Gasteiger partial charge in [-0.3, -0.25) is 9.48 Å². The number of amides is 1. The Morgan fingerprint density at radius 2 is 1.86 bits per heavy atom. The average Bonchev–Trinajstić information content (AvgIpc) is 3.26. The maximum atomic E-state index is 13.2. The number of halogens is 1. The highest BCUT2D eigenvalue weighted by Crippen LogP contribution is 2.33. The van der Waals surface area contributed by atoms with E-state index in [4.69, 9.17) is 10.8 Å². The first-order chi connectivity index (χ1) is 12.7. The van der Waals surface area contributed by atoms with Crippen molar-refractivity contribution in [2.45, 2.75) is 52.0 Å². The molecular weight excluding hydrogens is 372 g/mol. The van der Waals surface area contributed by atoms with Crippen LogP contribution in [0.2, 0.25) is 0 Å². The first-order valence-corrected chi connectivity index (χ1v) is 9.87. The number of hydrogen-bond acceptors (Lipinski definition) is 3. The Balaban J connectivity index is 0.00000280. The van der Waals surface area contributed by atoms with E-state index in [1.165, 1.54) is 5.56 Å². The first-order valence-electron chi connectivity index (χ1n) is 9.87. The summed E-state index contributed by atoms with van der Waals surface area (Å²) in [6, 6.07) is 12.3. The molecule has 1 aromatic carbocycles. The van der Waals surface area contributed by atoms with E-state index in [9.17, 15) is 4.79 Å². The molecule has 1 saturated heterocycles. The smallest absolute Gasteiger partial charge is 0.274 e. The van der Waals surface area contributed by atoms with Crippen molar-refractivity contribution < 1.29 is 4.79 Å². The van der Waals surface area contributed by atoms with Gasteiger partial charge in [-0.1, -0.05) is 44.2 Å². The zero-order valence-corrected chi connectivity index (χ0v) is 18.4. The lowest BCUT2D eigenvalue weighted by Crippen LogP contribution is -2.31. The fraction of sp³-hybridized carbons (Fsp3) is 0.545. The van der Waals surface area contributed by atoms with E-state index >= 15 is 0 Å². The second kappa shape index (κ2) is 8.66. The summed E-state index contributed by atoms with van der Waals surface area (Å²) in [7, 11) is 0. The molecule has 1 aromatic heterocycles. The lowest BCUT2D eigenvalue weighted by molar-refractivity contribution is 0.0779. The molecule has 2 atom stereocenters. The molecule has 2 heterocycles. The van der Waals surface area contributed by atoms with Crippen molar-refractivity contribution in [1.29, 1.82) is 0 Å². The Kier molecular flexibility index (Phi) is 6.94. The van der Waals surface area contributed by atoms with Crippen LogP contribution in [-0.2, 0) is 5.54 Å². The quantitative estimate of drug-likeness (QED) is 0.837. The first kappa shape index (κ1) is 22.4. The van der Waals surface area contributed by atoms with Crippen LogP contribution in [0.15, 0.2) is 36.4 Å². The van der Waals surface area contributed by atoms with E-state index in [1.54, 1.807) is 0 Å². The largest absolute Gasteiger partial charge is 0.336 e. The van der Waals surface area contributed by atoms with E-state index in [0.29, 0.717) is 31.2 Å². The normalized spacial score (nSPS) is 19.8. The molecule has 28 heavy (non-hydrogen) atoms. The molecule has 6 heteroatoms. The van der Waals surface area contributed by atoms with Gasteiger partial charge in [-0.25, -0.2) is 0 Å². The molecule has 3 rings (SSSR count). The van der Waals surface area contributed by atoms with Crippen molar-refractivity contribution in [2.24, 2.45) is 11.7 Å². The minimum absolute atomic E-state index is 0. The van der Waals surface area contributed by atoms with E-state index < -0.39 is 0 Å². The molecule has 0 radical (unpaired) electrons. The van der Waals surface area contributed by atoms with Gasteiger partial charge < -0.3 is 10.6 Å². The molecule has 0 spiro atoms. The van der Waals surface area contributed by atoms with Crippen LogP contribution in [0.25, 0.3) is 0 Å². The van der Waals surface area contributed by atoms with Gasteiger partial charge in [0.15, 0.2) is 5.69 Å². The molecule has 1 fully saturated rings. The number of aromatic nitrogens is 2. The second-order valence-electron chi connectivity index (χ2n) is 8.91. The van der Waals surface area contributed by atoms with Crippen LogP contribution in [0.3, 0.4) is 0 Å². The number of nitrogens with two attached hydrogens (primary N) is 1. The summed E-state index contributed by atoms with van der Waals surface area (Å²) < 4.78 is 2.00. The summed E-state index contributed by atoms with van der Waals surface area (Å²) in [5.41, 5.74) is 8.77. The summed E-state index contributed by atoms with van der Waals surface area (Å²) in [5, 5.41) is 4.69. The Morgan fingerprint density at radius 3 is 2.36 bits per heavy atom. The Labute approximate surface area is 174 Å². The fourth-order valence-electron chi connectivity index (χ4n) is 3.96. The molecule has 2 aromatic rings. The lowest BCUT2D eigenvalue weighted by Gasteiger charge is -2.23. The highest BCUT2D eigenvalue weighted by Gasteiger charge is 2.37. The van der Waals surface area contributed by atoms with E-state index in [1.807, 2.05) is 33.8 Å². The van der Waals surface area contributed by atoms with Crippen LogP contribution in [-0.4, -0.2) is 40.2 Å². The summed E-state index contributed by atoms with van der Waals surface area (Å²) >= 11 is 0. The van der Waals surface area contributed by atoms with Gasteiger partial charge in [-0.15, -0.1) is 12.4 Å². The molecule has 154 valence electrons. The molecule has 5 nitrogen and oxygen atoms in total. The molecule has 1 aliphatic heterocycles. The molecule has 0 bridgehead atoms. The minimum Gasteiger partial charge on any atom is -0.336 e. The molecular formula is C22H33ClN4O. The number of nitrogens with zero attached hydrogens (tertiary/aromatic N) is 3. The van der Waals surface area contributed by atoms with Crippen LogP contribution in [0.4, 0.5) is 0 Å². The third kappa shape index (κ3) is 4.41. The van der Waals surface area contributed by atoms with Gasteiger partial charge in [-0.05, 0) is 50.8 Å². The summed E-state index contributed by atoms with van der Waals surface area (Å²) in [4.78, 5) is 15.1. The molecule has 0 unspecified atom stereocenters. The summed E-state index contributed by atoms with van der Waals surface area (Å²) in [5.74, 6) is 0.891. The van der Waals surface area contributed by atoms with Crippen molar-refractivity contribution >= 4 is 18.3 Å². The predicted octanol–water partition coefficient (Wildman–Crippen LogP) is 4.00. The topological polar surface area (TPSA) is 64.2 Å². The number of carbonyl (C=O) groups is 1. The summed E-state index contributed by atoms with van der Waals surface area (Å²) in [6.07, 6.45) is 0. The Hall–Kier alpha value is -1.85. The van der Waals surface area contributed by atoms with Crippen LogP contribution < -0.4 is 5.73 Å². The van der Waals surface area contributed by atoms with Crippen LogP contribution in [0, 0.1) is 5.92 Å². The minimum atomic E-state index is -0.157. The van der Waals surface area contributed by atoms with Gasteiger partial charge in [0.05, 0.1) is 5.54 Å². The zero-order valence-electron chi connectivity index (χ0n) is 17.6. The van der Waals surface area contributed by atoms with Crippen molar-refractivity contribution in [3.63, 3.8) is 0 Å². The van der Waals surface area contributed by atoms with Gasteiger partial charge >= 0.3 is 0 Å². The highest BCUT2D eigenvalue weighted by molar-refractivity contribution is 5.92. The van der Waals surface area contributed by atoms with Crippen LogP contribution in [0.5, 0.6) is 0 Å². The fourth-order valence-corrected chi connectivity index (χ4v) is 3.96. The number of likely N-dealkylation sites (tertiary alicyclic amines) is 1. The lowest BCUT2D eigenvalue weighted by atomic mass is 9.89. The molecule has 1 amide bonds. The summed E-state index contributed by atoms with van der Waals surface area (Å²) in [6.45, 7) is 12.6. The zero-order chi connectivity index (χ0) is 19.8. The number of benzene rings is 1. The van der Waals surface area contributed by atoms with Crippen molar-refractivity contribution in [3.05, 3.63) is 53.3 Å². The predicted molar refractivity (Wildman–Crippen MR) is 116 cm³/mol. The third-order valence-corrected chi connectivity index (χ3v) is 5.44. The van der Waals surface area contributed by atoms with Gasteiger partial charge in [0.2, 0.25) is 0 Å².